The highest BCUT2D eigenvalue weighted by Gasteiger charge is 2.25. The van der Waals surface area contributed by atoms with Crippen LogP contribution in [0, 0.1) is 5.82 Å². The number of hydrogen-bond acceptors (Lipinski definition) is 3. The van der Waals surface area contributed by atoms with Crippen LogP contribution >= 0.6 is 11.3 Å². The molecule has 3 aromatic carbocycles. The number of aryl methyl sites for hydroxylation is 1. The Labute approximate surface area is 219 Å². The number of hydrogen-bond donors (Lipinski definition) is 1. The smallest absolute Gasteiger partial charge is 0.259 e. The molecule has 0 saturated carbocycles. The van der Waals surface area contributed by atoms with E-state index in [9.17, 15) is 9.18 Å². The topological polar surface area (TPSA) is 46.4 Å². The number of halogens is 1. The van der Waals surface area contributed by atoms with Gasteiger partial charge in [-0.25, -0.2) is 9.38 Å². The van der Waals surface area contributed by atoms with Crippen LogP contribution in [0.15, 0.2) is 90.1 Å². The number of carbonyl (C=O) groups excluding carboxylic acids is 1. The number of benzene rings is 3. The highest BCUT2D eigenvalue weighted by Crippen LogP contribution is 2.40. The van der Waals surface area contributed by atoms with Crippen LogP contribution < -0.4 is 5.32 Å². The number of rotatable bonds is 6. The van der Waals surface area contributed by atoms with Gasteiger partial charge >= 0.3 is 0 Å². The first-order valence-corrected chi connectivity index (χ1v) is 13.4. The average Bonchev–Trinajstić information content (AvgIpc) is 3.47. The number of amides is 1. The van der Waals surface area contributed by atoms with Crippen molar-refractivity contribution in [2.24, 2.45) is 4.99 Å². The number of nitrogens with zero attached hydrogens (tertiary/aromatic N) is 2. The van der Waals surface area contributed by atoms with Crippen LogP contribution in [0.5, 0.6) is 0 Å². The molecular weight excluding hydrogens is 481 g/mol. The van der Waals surface area contributed by atoms with Crippen LogP contribution in [0.1, 0.15) is 44.8 Å². The van der Waals surface area contributed by atoms with Crippen LogP contribution in [0.2, 0.25) is 0 Å². The summed E-state index contributed by atoms with van der Waals surface area (Å²) in [7, 11) is 0. The first kappa shape index (κ1) is 23.4. The van der Waals surface area contributed by atoms with Crippen molar-refractivity contribution in [2.75, 3.05) is 5.32 Å². The van der Waals surface area contributed by atoms with Gasteiger partial charge in [0.2, 0.25) is 0 Å². The standard InChI is InChI=1S/C31H26FN3OS/c32-26-15-7-4-10-21(26)19-35-20-22(24-13-5-8-16-27(24)35)18-33-31-29(25-14-6-9-17-28(25)37-31)30(36)34-23-11-2-1-3-12-23/h1-5,7-8,10-13,15-16,18,20H,6,9,14,17,19H2,(H,34,36). The number of nitrogens with one attached hydrogen (secondary N) is 1. The van der Waals surface area contributed by atoms with E-state index >= 15 is 0 Å². The van der Waals surface area contributed by atoms with E-state index in [2.05, 4.69) is 16.0 Å². The quantitative estimate of drug-likeness (QED) is 0.235. The highest BCUT2D eigenvalue weighted by molar-refractivity contribution is 7.16. The van der Waals surface area contributed by atoms with Gasteiger partial charge in [-0.3, -0.25) is 4.79 Å². The molecule has 0 atom stereocenters. The Bertz CT molecular complexity index is 1620. The zero-order valence-electron chi connectivity index (χ0n) is 20.3. The number of carbonyl (C=O) groups is 1. The predicted octanol–water partition coefficient (Wildman–Crippen LogP) is 7.77. The zero-order chi connectivity index (χ0) is 25.2. The Morgan fingerprint density at radius 2 is 1.73 bits per heavy atom. The lowest BCUT2D eigenvalue weighted by atomic mass is 9.95. The van der Waals surface area contributed by atoms with E-state index in [1.807, 2.05) is 73.1 Å². The number of para-hydroxylation sites is 2. The molecule has 6 rings (SSSR count). The summed E-state index contributed by atoms with van der Waals surface area (Å²) in [6.45, 7) is 0.430. The molecule has 0 aliphatic heterocycles. The molecule has 2 heterocycles. The van der Waals surface area contributed by atoms with E-state index in [1.54, 1.807) is 17.4 Å². The molecule has 0 bridgehead atoms. The van der Waals surface area contributed by atoms with Crippen molar-refractivity contribution in [3.63, 3.8) is 0 Å². The van der Waals surface area contributed by atoms with Crippen LogP contribution in [0.4, 0.5) is 15.1 Å². The fourth-order valence-electron chi connectivity index (χ4n) is 5.04. The number of thiophene rings is 1. The molecule has 0 fully saturated rings. The van der Waals surface area contributed by atoms with Gasteiger partial charge in [-0.05, 0) is 55.5 Å². The van der Waals surface area contributed by atoms with Crippen molar-refractivity contribution in [3.8, 4) is 0 Å². The Hall–Kier alpha value is -4.03. The maximum Gasteiger partial charge on any atom is 0.259 e. The fourth-order valence-corrected chi connectivity index (χ4v) is 6.27. The molecule has 184 valence electrons. The van der Waals surface area contributed by atoms with Crippen LogP contribution in [-0.2, 0) is 19.4 Å². The van der Waals surface area contributed by atoms with E-state index in [1.165, 1.54) is 10.9 Å². The minimum Gasteiger partial charge on any atom is -0.342 e. The fraction of sp³-hybridized carbons (Fsp3) is 0.161. The van der Waals surface area contributed by atoms with Crippen LogP contribution in [0.3, 0.4) is 0 Å². The zero-order valence-corrected chi connectivity index (χ0v) is 21.1. The summed E-state index contributed by atoms with van der Waals surface area (Å²) in [5.41, 5.74) is 5.19. The van der Waals surface area contributed by atoms with Gasteiger partial charge in [0.05, 0.1) is 12.1 Å². The second-order valence-electron chi connectivity index (χ2n) is 9.29. The molecule has 1 N–H and O–H groups in total. The highest BCUT2D eigenvalue weighted by atomic mass is 32.1. The minimum absolute atomic E-state index is 0.111. The van der Waals surface area contributed by atoms with Gasteiger partial charge in [-0.1, -0.05) is 54.6 Å². The SMILES string of the molecule is O=C(Nc1ccccc1)c1c(N=Cc2cn(Cc3ccccc3F)c3ccccc23)sc2c1CCCC2. The Balaban J connectivity index is 1.37. The summed E-state index contributed by atoms with van der Waals surface area (Å²) in [6, 6.07) is 24.5. The van der Waals surface area contributed by atoms with Crippen molar-refractivity contribution in [2.45, 2.75) is 32.2 Å². The van der Waals surface area contributed by atoms with Gasteiger partial charge in [0.25, 0.3) is 5.91 Å². The van der Waals surface area contributed by atoms with Gasteiger partial charge < -0.3 is 9.88 Å². The second kappa shape index (κ2) is 10.1. The monoisotopic (exact) mass is 507 g/mol. The van der Waals surface area contributed by atoms with Crippen LogP contribution in [0.25, 0.3) is 10.9 Å². The third-order valence-electron chi connectivity index (χ3n) is 6.85. The second-order valence-corrected chi connectivity index (χ2v) is 10.4. The molecule has 0 saturated heterocycles. The molecular formula is C31H26FN3OS. The van der Waals surface area contributed by atoms with Gasteiger partial charge in [0.1, 0.15) is 10.8 Å². The molecule has 2 aromatic heterocycles. The molecule has 1 aliphatic rings. The van der Waals surface area contributed by atoms with Gasteiger partial charge in [0, 0.05) is 45.0 Å². The summed E-state index contributed by atoms with van der Waals surface area (Å²) in [5.74, 6) is -0.325. The Morgan fingerprint density at radius 3 is 2.59 bits per heavy atom. The normalized spacial score (nSPS) is 13.2. The Morgan fingerprint density at radius 1 is 0.973 bits per heavy atom. The maximum atomic E-state index is 14.4. The molecule has 5 aromatic rings. The summed E-state index contributed by atoms with van der Waals surface area (Å²) < 4.78 is 16.4. The summed E-state index contributed by atoms with van der Waals surface area (Å²) >= 11 is 1.62. The van der Waals surface area contributed by atoms with E-state index in [4.69, 9.17) is 4.99 Å². The molecule has 37 heavy (non-hydrogen) atoms. The molecule has 1 aliphatic carbocycles. The van der Waals surface area contributed by atoms with Crippen molar-refractivity contribution >= 4 is 45.0 Å². The van der Waals surface area contributed by atoms with Gasteiger partial charge in [-0.2, -0.15) is 0 Å². The number of anilines is 1. The average molecular weight is 508 g/mol. The van der Waals surface area contributed by atoms with E-state index in [0.29, 0.717) is 17.7 Å². The molecule has 1 amide bonds. The largest absolute Gasteiger partial charge is 0.342 e. The van der Waals surface area contributed by atoms with Gasteiger partial charge in [-0.15, -0.1) is 11.3 Å². The number of aliphatic imine (C=N–C) groups is 1. The lowest BCUT2D eigenvalue weighted by Gasteiger charge is -2.12. The Kier molecular flexibility index (Phi) is 6.41. The number of aromatic nitrogens is 1. The van der Waals surface area contributed by atoms with Crippen LogP contribution in [-0.4, -0.2) is 16.7 Å². The number of fused-ring (bicyclic) bond motifs is 2. The molecule has 0 unspecified atom stereocenters. The molecule has 6 heteroatoms. The third kappa shape index (κ3) is 4.72. The first-order chi connectivity index (χ1) is 18.2. The van der Waals surface area contributed by atoms with E-state index < -0.39 is 0 Å². The van der Waals surface area contributed by atoms with E-state index in [-0.39, 0.29) is 11.7 Å². The van der Waals surface area contributed by atoms with E-state index in [0.717, 1.165) is 58.4 Å². The summed E-state index contributed by atoms with van der Waals surface area (Å²) in [4.78, 5) is 19.6. The first-order valence-electron chi connectivity index (χ1n) is 12.5. The molecule has 0 radical (unpaired) electrons. The van der Waals surface area contributed by atoms with Crippen molar-refractivity contribution in [1.82, 2.24) is 4.57 Å². The van der Waals surface area contributed by atoms with Gasteiger partial charge in [0.15, 0.2) is 0 Å². The molecule has 0 spiro atoms. The lowest BCUT2D eigenvalue weighted by Crippen LogP contribution is -2.14. The predicted molar refractivity (Wildman–Crippen MR) is 150 cm³/mol. The maximum absolute atomic E-state index is 14.4. The van der Waals surface area contributed by atoms with Crippen molar-refractivity contribution < 1.29 is 9.18 Å². The lowest BCUT2D eigenvalue weighted by molar-refractivity contribution is 0.102. The van der Waals surface area contributed by atoms with Crippen molar-refractivity contribution in [3.05, 3.63) is 118 Å². The molecule has 4 nitrogen and oxygen atoms in total. The summed E-state index contributed by atoms with van der Waals surface area (Å²) in [5, 5.41) is 4.84. The van der Waals surface area contributed by atoms with Crippen molar-refractivity contribution in [1.29, 1.82) is 0 Å². The third-order valence-corrected chi connectivity index (χ3v) is 8.05. The summed E-state index contributed by atoms with van der Waals surface area (Å²) in [6.07, 6.45) is 7.97. The minimum atomic E-state index is -0.214.